The number of furan rings is 1. The third-order valence-electron chi connectivity index (χ3n) is 3.54. The van der Waals surface area contributed by atoms with Gasteiger partial charge in [-0.25, -0.2) is 12.7 Å². The van der Waals surface area contributed by atoms with Crippen molar-refractivity contribution in [1.29, 1.82) is 0 Å². The smallest absolute Gasteiger partial charge is 0.275 e. The van der Waals surface area contributed by atoms with Crippen molar-refractivity contribution in [1.82, 2.24) is 9.62 Å². The number of hydrogen-bond acceptors (Lipinski definition) is 4. The van der Waals surface area contributed by atoms with Gasteiger partial charge in [-0.1, -0.05) is 19.3 Å². The monoisotopic (exact) mass is 286 g/mol. The van der Waals surface area contributed by atoms with Crippen LogP contribution in [0, 0.1) is 0 Å². The molecule has 5 nitrogen and oxygen atoms in total. The van der Waals surface area contributed by atoms with Crippen LogP contribution in [-0.4, -0.2) is 32.9 Å². The van der Waals surface area contributed by atoms with E-state index in [1.165, 1.54) is 52.3 Å². The van der Waals surface area contributed by atoms with Crippen molar-refractivity contribution >= 4 is 10.0 Å². The van der Waals surface area contributed by atoms with E-state index < -0.39 is 10.0 Å². The minimum atomic E-state index is -3.46. The topological polar surface area (TPSA) is 62.6 Å². The van der Waals surface area contributed by atoms with Crippen molar-refractivity contribution in [3.8, 4) is 0 Å². The first kappa shape index (κ1) is 14.6. The Morgan fingerprint density at radius 1 is 1.26 bits per heavy atom. The Bertz CT molecular complexity index is 502. The summed E-state index contributed by atoms with van der Waals surface area (Å²) in [5.41, 5.74) is 0. The summed E-state index contributed by atoms with van der Waals surface area (Å²) < 4.78 is 30.3. The van der Waals surface area contributed by atoms with Crippen molar-refractivity contribution in [2.75, 3.05) is 14.1 Å². The molecule has 0 radical (unpaired) electrons. The van der Waals surface area contributed by atoms with Gasteiger partial charge < -0.3 is 9.73 Å². The van der Waals surface area contributed by atoms with Crippen molar-refractivity contribution in [3.05, 3.63) is 17.9 Å². The minimum absolute atomic E-state index is 0.0120. The average Bonchev–Trinajstić information content (AvgIpc) is 2.87. The Balaban J connectivity index is 1.94. The van der Waals surface area contributed by atoms with Crippen LogP contribution in [0.4, 0.5) is 0 Å². The highest BCUT2D eigenvalue weighted by Gasteiger charge is 2.21. The number of rotatable bonds is 5. The van der Waals surface area contributed by atoms with E-state index in [1.807, 2.05) is 0 Å². The van der Waals surface area contributed by atoms with E-state index in [9.17, 15) is 8.42 Å². The van der Waals surface area contributed by atoms with Gasteiger partial charge in [-0.2, -0.15) is 0 Å². The third kappa shape index (κ3) is 3.58. The normalized spacial score (nSPS) is 18.1. The summed E-state index contributed by atoms with van der Waals surface area (Å²) in [6.07, 6.45) is 6.27. The van der Waals surface area contributed by atoms with Crippen LogP contribution in [0.25, 0.3) is 0 Å². The molecule has 0 atom stereocenters. The van der Waals surface area contributed by atoms with Gasteiger partial charge in [0.2, 0.25) is 5.09 Å². The summed E-state index contributed by atoms with van der Waals surface area (Å²) in [4.78, 5) is 0. The molecule has 0 unspecified atom stereocenters. The standard InChI is InChI=1S/C13H22N2O3S/c1-15(2)19(16,17)13-9-8-12(18-13)10-14-11-6-4-3-5-7-11/h8-9,11,14H,3-7,10H2,1-2H3. The van der Waals surface area contributed by atoms with Crippen LogP contribution in [0.3, 0.4) is 0 Å². The van der Waals surface area contributed by atoms with Crippen molar-refractivity contribution in [2.24, 2.45) is 0 Å². The first-order valence-corrected chi connectivity index (χ1v) is 8.19. The van der Waals surface area contributed by atoms with Crippen LogP contribution >= 0.6 is 0 Å². The SMILES string of the molecule is CN(C)S(=O)(=O)c1ccc(CNC2CCCCC2)o1. The summed E-state index contributed by atoms with van der Waals surface area (Å²) in [5.74, 6) is 0.672. The number of nitrogens with zero attached hydrogens (tertiary/aromatic N) is 1. The molecule has 6 heteroatoms. The lowest BCUT2D eigenvalue weighted by Gasteiger charge is -2.22. The predicted molar refractivity (Wildman–Crippen MR) is 73.3 cm³/mol. The first-order chi connectivity index (χ1) is 9.00. The fraction of sp³-hybridized carbons (Fsp3) is 0.692. The zero-order valence-electron chi connectivity index (χ0n) is 11.6. The quantitative estimate of drug-likeness (QED) is 0.898. The Kier molecular flexibility index (Phi) is 4.65. The molecular formula is C13H22N2O3S. The molecule has 1 aromatic rings. The lowest BCUT2D eigenvalue weighted by molar-refractivity contribution is 0.340. The first-order valence-electron chi connectivity index (χ1n) is 6.75. The van der Waals surface area contributed by atoms with Crippen LogP contribution in [0.1, 0.15) is 37.9 Å². The predicted octanol–water partition coefficient (Wildman–Crippen LogP) is 1.95. The molecule has 1 aromatic heterocycles. The van der Waals surface area contributed by atoms with E-state index in [2.05, 4.69) is 5.32 Å². The Hall–Kier alpha value is -0.850. The fourth-order valence-corrected chi connectivity index (χ4v) is 3.14. The molecule has 2 rings (SSSR count). The average molecular weight is 286 g/mol. The molecule has 0 aliphatic heterocycles. The molecule has 0 amide bonds. The molecule has 108 valence electrons. The molecule has 1 N–H and O–H groups in total. The molecule has 1 fully saturated rings. The zero-order valence-corrected chi connectivity index (χ0v) is 12.4. The van der Waals surface area contributed by atoms with E-state index >= 15 is 0 Å². The van der Waals surface area contributed by atoms with Gasteiger partial charge in [-0.15, -0.1) is 0 Å². The summed E-state index contributed by atoms with van der Waals surface area (Å²) >= 11 is 0. The van der Waals surface area contributed by atoms with Crippen LogP contribution < -0.4 is 5.32 Å². The van der Waals surface area contributed by atoms with Gasteiger partial charge in [0.05, 0.1) is 6.54 Å². The Morgan fingerprint density at radius 2 is 1.95 bits per heavy atom. The minimum Gasteiger partial charge on any atom is -0.447 e. The van der Waals surface area contributed by atoms with Crippen LogP contribution in [0.2, 0.25) is 0 Å². The second-order valence-corrected chi connectivity index (χ2v) is 7.31. The molecule has 0 bridgehead atoms. The van der Waals surface area contributed by atoms with Gasteiger partial charge in [-0.3, -0.25) is 0 Å². The van der Waals surface area contributed by atoms with E-state index in [0.29, 0.717) is 18.3 Å². The van der Waals surface area contributed by atoms with E-state index in [0.717, 1.165) is 4.31 Å². The van der Waals surface area contributed by atoms with Gasteiger partial charge in [0.25, 0.3) is 10.0 Å². The molecule has 0 spiro atoms. The molecular weight excluding hydrogens is 264 g/mol. The maximum absolute atomic E-state index is 11.9. The van der Waals surface area contributed by atoms with Crippen LogP contribution in [0.5, 0.6) is 0 Å². The Morgan fingerprint density at radius 3 is 2.58 bits per heavy atom. The summed E-state index contributed by atoms with van der Waals surface area (Å²) in [5, 5.41) is 3.44. The molecule has 1 aliphatic carbocycles. The van der Waals surface area contributed by atoms with Crippen LogP contribution in [0.15, 0.2) is 21.6 Å². The highest BCUT2D eigenvalue weighted by molar-refractivity contribution is 7.88. The molecule has 0 saturated heterocycles. The van der Waals surface area contributed by atoms with Crippen molar-refractivity contribution in [2.45, 2.75) is 49.8 Å². The third-order valence-corrected chi connectivity index (χ3v) is 5.23. The summed E-state index contributed by atoms with van der Waals surface area (Å²) in [6.45, 7) is 0.591. The molecule has 0 aromatic carbocycles. The van der Waals surface area contributed by atoms with Gasteiger partial charge in [0.15, 0.2) is 0 Å². The van der Waals surface area contributed by atoms with Gasteiger partial charge in [-0.05, 0) is 25.0 Å². The lowest BCUT2D eigenvalue weighted by Crippen LogP contribution is -2.30. The largest absolute Gasteiger partial charge is 0.447 e. The van der Waals surface area contributed by atoms with E-state index in [-0.39, 0.29) is 5.09 Å². The second kappa shape index (κ2) is 6.07. The number of sulfonamides is 1. The summed E-state index contributed by atoms with van der Waals surface area (Å²) in [6, 6.07) is 3.78. The maximum atomic E-state index is 11.9. The summed E-state index contributed by atoms with van der Waals surface area (Å²) in [7, 11) is -0.465. The van der Waals surface area contributed by atoms with E-state index in [4.69, 9.17) is 4.42 Å². The van der Waals surface area contributed by atoms with Gasteiger partial charge in [0.1, 0.15) is 5.76 Å². The van der Waals surface area contributed by atoms with Gasteiger partial charge >= 0.3 is 0 Å². The number of hydrogen-bond donors (Lipinski definition) is 1. The van der Waals surface area contributed by atoms with Crippen molar-refractivity contribution < 1.29 is 12.8 Å². The molecule has 1 aliphatic rings. The zero-order chi connectivity index (χ0) is 13.9. The van der Waals surface area contributed by atoms with E-state index in [1.54, 1.807) is 6.07 Å². The highest BCUT2D eigenvalue weighted by atomic mass is 32.2. The fourth-order valence-electron chi connectivity index (χ4n) is 2.32. The second-order valence-electron chi connectivity index (χ2n) is 5.22. The Labute approximate surface area is 115 Å². The molecule has 1 heterocycles. The van der Waals surface area contributed by atoms with Crippen LogP contribution in [-0.2, 0) is 16.6 Å². The lowest BCUT2D eigenvalue weighted by atomic mass is 9.95. The number of nitrogens with one attached hydrogen (secondary N) is 1. The molecule has 1 saturated carbocycles. The highest BCUT2D eigenvalue weighted by Crippen LogP contribution is 2.19. The van der Waals surface area contributed by atoms with Crippen molar-refractivity contribution in [3.63, 3.8) is 0 Å². The molecule has 19 heavy (non-hydrogen) atoms. The van der Waals surface area contributed by atoms with Gasteiger partial charge in [0, 0.05) is 20.1 Å². The maximum Gasteiger partial charge on any atom is 0.275 e.